The zero-order chi connectivity index (χ0) is 17.1. The summed E-state index contributed by atoms with van der Waals surface area (Å²) in [6, 6.07) is 13.2. The fourth-order valence-electron chi connectivity index (χ4n) is 2.05. The molecular formula is C17H15ClN4O2. The van der Waals surface area contributed by atoms with E-state index < -0.39 is 0 Å². The molecule has 0 atom stereocenters. The molecule has 122 valence electrons. The normalized spacial score (nSPS) is 10.4. The van der Waals surface area contributed by atoms with Crippen LogP contribution in [0.2, 0.25) is 5.02 Å². The lowest BCUT2D eigenvalue weighted by atomic mass is 10.3. The molecule has 0 radical (unpaired) electrons. The molecule has 0 spiro atoms. The van der Waals surface area contributed by atoms with E-state index in [1.807, 2.05) is 0 Å². The first-order valence-corrected chi connectivity index (χ1v) is 7.55. The highest BCUT2D eigenvalue weighted by atomic mass is 35.5. The quantitative estimate of drug-likeness (QED) is 0.527. The van der Waals surface area contributed by atoms with Crippen LogP contribution in [0.1, 0.15) is 5.69 Å². The molecule has 0 aliphatic heterocycles. The lowest BCUT2D eigenvalue weighted by Gasteiger charge is -2.12. The third-order valence-electron chi connectivity index (χ3n) is 3.27. The highest BCUT2D eigenvalue weighted by Gasteiger charge is 2.10. The second-order valence-corrected chi connectivity index (χ2v) is 5.52. The van der Waals surface area contributed by atoms with Crippen LogP contribution in [0, 0.1) is 6.92 Å². The molecule has 3 rings (SSSR count). The molecule has 24 heavy (non-hydrogen) atoms. The lowest BCUT2D eigenvalue weighted by molar-refractivity contribution is 0.475. The average molecular weight is 343 g/mol. The van der Waals surface area contributed by atoms with Crippen molar-refractivity contribution < 1.29 is 10.2 Å². The van der Waals surface area contributed by atoms with Crippen LogP contribution in [0.25, 0.3) is 0 Å². The van der Waals surface area contributed by atoms with Crippen molar-refractivity contribution in [3.8, 4) is 11.5 Å². The van der Waals surface area contributed by atoms with Crippen molar-refractivity contribution in [2.24, 2.45) is 0 Å². The van der Waals surface area contributed by atoms with Crippen molar-refractivity contribution in [3.05, 3.63) is 59.2 Å². The summed E-state index contributed by atoms with van der Waals surface area (Å²) < 4.78 is 0. The summed E-state index contributed by atoms with van der Waals surface area (Å²) in [4.78, 5) is 8.69. The van der Waals surface area contributed by atoms with Gasteiger partial charge in [0.25, 0.3) is 0 Å². The van der Waals surface area contributed by atoms with E-state index in [1.165, 1.54) is 0 Å². The number of aromatic nitrogens is 2. The maximum atomic E-state index is 9.34. The molecule has 2 aromatic carbocycles. The van der Waals surface area contributed by atoms with E-state index in [0.29, 0.717) is 22.5 Å². The van der Waals surface area contributed by atoms with Crippen LogP contribution in [0.3, 0.4) is 0 Å². The Kier molecular flexibility index (Phi) is 4.39. The summed E-state index contributed by atoms with van der Waals surface area (Å²) in [5, 5.41) is 25.2. The summed E-state index contributed by atoms with van der Waals surface area (Å²) in [6.45, 7) is 1.79. The van der Waals surface area contributed by atoms with Gasteiger partial charge in [-0.15, -0.1) is 0 Å². The van der Waals surface area contributed by atoms with Gasteiger partial charge in [0.1, 0.15) is 16.5 Å². The van der Waals surface area contributed by atoms with Crippen LogP contribution in [0.15, 0.2) is 48.5 Å². The molecule has 0 saturated carbocycles. The minimum atomic E-state index is 0.181. The molecule has 0 bridgehead atoms. The average Bonchev–Trinajstić information content (AvgIpc) is 2.56. The highest BCUT2D eigenvalue weighted by Crippen LogP contribution is 2.28. The van der Waals surface area contributed by atoms with Crippen molar-refractivity contribution in [1.82, 2.24) is 9.97 Å². The molecule has 4 N–H and O–H groups in total. The number of nitrogens with one attached hydrogen (secondary N) is 2. The van der Waals surface area contributed by atoms with Gasteiger partial charge in [0.2, 0.25) is 5.95 Å². The number of phenolic OH excluding ortho intramolecular Hbond substituents is 2. The monoisotopic (exact) mass is 342 g/mol. The Balaban J connectivity index is 1.87. The number of nitrogens with zero attached hydrogens (tertiary/aromatic N) is 2. The van der Waals surface area contributed by atoms with Gasteiger partial charge < -0.3 is 20.8 Å². The molecule has 0 amide bonds. The first kappa shape index (κ1) is 15.9. The molecule has 0 fully saturated rings. The van der Waals surface area contributed by atoms with E-state index in [9.17, 15) is 10.2 Å². The van der Waals surface area contributed by atoms with E-state index in [2.05, 4.69) is 20.6 Å². The van der Waals surface area contributed by atoms with E-state index in [4.69, 9.17) is 11.6 Å². The molecule has 6 nitrogen and oxygen atoms in total. The van der Waals surface area contributed by atoms with Crippen LogP contribution in [-0.4, -0.2) is 20.2 Å². The predicted molar refractivity (Wildman–Crippen MR) is 94.6 cm³/mol. The first-order chi connectivity index (χ1) is 11.5. The molecule has 1 heterocycles. The van der Waals surface area contributed by atoms with Gasteiger partial charge in [-0.05, 0) is 55.5 Å². The molecule has 1 aromatic heterocycles. The molecule has 0 aliphatic rings. The summed E-state index contributed by atoms with van der Waals surface area (Å²) in [5.41, 5.74) is 2.10. The second kappa shape index (κ2) is 6.64. The summed E-state index contributed by atoms with van der Waals surface area (Å²) in [7, 11) is 0. The Bertz CT molecular complexity index is 852. The third kappa shape index (κ3) is 3.67. The Hall–Kier alpha value is -2.99. The van der Waals surface area contributed by atoms with Gasteiger partial charge in [-0.1, -0.05) is 11.6 Å². The van der Waals surface area contributed by atoms with E-state index >= 15 is 0 Å². The number of hydrogen-bond donors (Lipinski definition) is 4. The van der Waals surface area contributed by atoms with Crippen LogP contribution < -0.4 is 10.6 Å². The van der Waals surface area contributed by atoms with E-state index in [-0.39, 0.29) is 11.5 Å². The molecular weight excluding hydrogens is 328 g/mol. The van der Waals surface area contributed by atoms with Crippen molar-refractivity contribution >= 4 is 34.7 Å². The van der Waals surface area contributed by atoms with Crippen LogP contribution >= 0.6 is 11.6 Å². The number of aromatic hydroxyl groups is 2. The second-order valence-electron chi connectivity index (χ2n) is 5.14. The topological polar surface area (TPSA) is 90.3 Å². The van der Waals surface area contributed by atoms with Crippen molar-refractivity contribution in [3.63, 3.8) is 0 Å². The number of rotatable bonds is 4. The zero-order valence-corrected chi connectivity index (χ0v) is 13.5. The minimum Gasteiger partial charge on any atom is -0.508 e. The van der Waals surface area contributed by atoms with Crippen molar-refractivity contribution in [2.75, 3.05) is 10.6 Å². The number of anilines is 4. The minimum absolute atomic E-state index is 0.181. The standard InChI is InChI=1S/C17H15ClN4O2/c1-10-15(18)16(20-11-2-6-13(23)7-3-11)22-17(19-10)21-12-4-8-14(24)9-5-12/h2-9,23-24H,1H3,(H2,19,20,21,22). The maximum absolute atomic E-state index is 9.34. The number of benzene rings is 2. The van der Waals surface area contributed by atoms with Gasteiger partial charge in [-0.2, -0.15) is 4.98 Å². The smallest absolute Gasteiger partial charge is 0.229 e. The maximum Gasteiger partial charge on any atom is 0.229 e. The Morgan fingerprint density at radius 3 is 1.83 bits per heavy atom. The Labute approximate surface area is 143 Å². The van der Waals surface area contributed by atoms with Gasteiger partial charge in [0, 0.05) is 11.4 Å². The van der Waals surface area contributed by atoms with E-state index in [1.54, 1.807) is 55.5 Å². The Morgan fingerprint density at radius 2 is 1.29 bits per heavy atom. The zero-order valence-electron chi connectivity index (χ0n) is 12.8. The van der Waals surface area contributed by atoms with Crippen LogP contribution in [0.5, 0.6) is 11.5 Å². The molecule has 0 unspecified atom stereocenters. The third-order valence-corrected chi connectivity index (χ3v) is 3.72. The molecule has 3 aromatic rings. The van der Waals surface area contributed by atoms with Crippen molar-refractivity contribution in [1.29, 1.82) is 0 Å². The highest BCUT2D eigenvalue weighted by molar-refractivity contribution is 6.33. The fourth-order valence-corrected chi connectivity index (χ4v) is 2.19. The first-order valence-electron chi connectivity index (χ1n) is 7.17. The molecule has 0 aliphatic carbocycles. The van der Waals surface area contributed by atoms with Gasteiger partial charge in [-0.25, -0.2) is 4.98 Å². The summed E-state index contributed by atoms with van der Waals surface area (Å²) >= 11 is 6.27. The van der Waals surface area contributed by atoms with Gasteiger partial charge in [0.15, 0.2) is 5.82 Å². The number of halogens is 1. The van der Waals surface area contributed by atoms with E-state index in [0.717, 1.165) is 11.4 Å². The number of hydrogen-bond acceptors (Lipinski definition) is 6. The summed E-state index contributed by atoms with van der Waals surface area (Å²) in [5.74, 6) is 1.20. The largest absolute Gasteiger partial charge is 0.508 e. The lowest BCUT2D eigenvalue weighted by Crippen LogP contribution is -2.03. The van der Waals surface area contributed by atoms with Gasteiger partial charge in [0.05, 0.1) is 5.69 Å². The van der Waals surface area contributed by atoms with Crippen molar-refractivity contribution in [2.45, 2.75) is 6.92 Å². The van der Waals surface area contributed by atoms with Crippen LogP contribution in [-0.2, 0) is 0 Å². The SMILES string of the molecule is Cc1nc(Nc2ccc(O)cc2)nc(Nc2ccc(O)cc2)c1Cl. The predicted octanol–water partition coefficient (Wildman–Crippen LogP) is 4.34. The van der Waals surface area contributed by atoms with Crippen LogP contribution in [0.4, 0.5) is 23.1 Å². The van der Waals surface area contributed by atoms with Gasteiger partial charge >= 0.3 is 0 Å². The molecule has 7 heteroatoms. The Morgan fingerprint density at radius 1 is 0.792 bits per heavy atom. The summed E-state index contributed by atoms with van der Waals surface area (Å²) in [6.07, 6.45) is 0. The fraction of sp³-hybridized carbons (Fsp3) is 0.0588. The number of phenols is 2. The molecule has 0 saturated heterocycles. The van der Waals surface area contributed by atoms with Gasteiger partial charge in [-0.3, -0.25) is 0 Å². The number of aryl methyl sites for hydroxylation is 1.